The molecule has 3 heterocycles. The highest BCUT2D eigenvalue weighted by Crippen LogP contribution is 2.34. The van der Waals surface area contributed by atoms with Crippen LogP contribution < -0.4 is 10.1 Å². The van der Waals surface area contributed by atoms with Crippen LogP contribution in [0, 0.1) is 5.82 Å². The Morgan fingerprint density at radius 1 is 1.03 bits per heavy atom. The lowest BCUT2D eigenvalue weighted by atomic mass is 10.0. The number of nitrogens with one attached hydrogen (secondary N) is 1. The summed E-state index contributed by atoms with van der Waals surface area (Å²) in [6.07, 6.45) is 3.83. The molecule has 0 aliphatic carbocycles. The van der Waals surface area contributed by atoms with Crippen LogP contribution in [0.2, 0.25) is 0 Å². The number of hydrogen-bond donors (Lipinski definition) is 1. The first kappa shape index (κ1) is 26.2. The number of fused-ring (bicyclic) bond motifs is 1. The number of carbonyl (C=O) groups is 1. The van der Waals surface area contributed by atoms with Crippen molar-refractivity contribution in [2.45, 2.75) is 12.8 Å². The number of ketones is 1. The number of aromatic nitrogens is 2. The first-order valence-corrected chi connectivity index (χ1v) is 13.3. The Morgan fingerprint density at radius 3 is 2.61 bits per heavy atom. The van der Waals surface area contributed by atoms with Gasteiger partial charge < -0.3 is 14.8 Å². The lowest BCUT2D eigenvalue weighted by Gasteiger charge is -2.26. The molecule has 2 aromatic carbocycles. The molecule has 5 rings (SSSR count). The van der Waals surface area contributed by atoms with Crippen molar-refractivity contribution in [3.05, 3.63) is 88.4 Å². The lowest BCUT2D eigenvalue weighted by molar-refractivity contribution is -0.117. The van der Waals surface area contributed by atoms with Crippen LogP contribution in [0.15, 0.2) is 71.5 Å². The highest BCUT2D eigenvalue weighted by atomic mass is 79.9. The Labute approximate surface area is 229 Å². The first-order valence-electron chi connectivity index (χ1n) is 12.5. The van der Waals surface area contributed by atoms with Crippen LogP contribution in [0.4, 0.5) is 15.8 Å². The maximum absolute atomic E-state index is 15.0. The monoisotopic (exact) mass is 578 g/mol. The van der Waals surface area contributed by atoms with E-state index in [1.807, 2.05) is 30.3 Å². The van der Waals surface area contributed by atoms with Gasteiger partial charge in [-0.05, 0) is 45.3 Å². The molecule has 9 heteroatoms. The molecule has 0 atom stereocenters. The molecule has 1 fully saturated rings. The van der Waals surface area contributed by atoms with E-state index in [-0.39, 0.29) is 12.2 Å². The maximum atomic E-state index is 15.0. The summed E-state index contributed by atoms with van der Waals surface area (Å²) in [5, 5.41) is 3.87. The normalized spacial score (nSPS) is 13.9. The molecule has 0 spiro atoms. The predicted octanol–water partition coefficient (Wildman–Crippen LogP) is 5.34. The summed E-state index contributed by atoms with van der Waals surface area (Å²) in [4.78, 5) is 23.7. The van der Waals surface area contributed by atoms with E-state index >= 15 is 4.39 Å². The van der Waals surface area contributed by atoms with Gasteiger partial charge in [0.05, 0.1) is 30.1 Å². The second-order valence-corrected chi connectivity index (χ2v) is 9.91. The molecule has 1 N–H and O–H groups in total. The molecule has 0 bridgehead atoms. The van der Waals surface area contributed by atoms with Crippen molar-refractivity contribution >= 4 is 44.0 Å². The molecule has 2 aromatic heterocycles. The first-order chi connectivity index (χ1) is 18.6. The van der Waals surface area contributed by atoms with Gasteiger partial charge in [0.1, 0.15) is 22.7 Å². The zero-order valence-corrected chi connectivity index (χ0v) is 22.4. The highest BCUT2D eigenvalue weighted by Gasteiger charge is 2.15. The predicted molar refractivity (Wildman–Crippen MR) is 149 cm³/mol. The van der Waals surface area contributed by atoms with Gasteiger partial charge in [-0.2, -0.15) is 0 Å². The quantitative estimate of drug-likeness (QED) is 0.272. The van der Waals surface area contributed by atoms with Crippen LogP contribution in [0.3, 0.4) is 0 Å². The number of morpholine rings is 1. The van der Waals surface area contributed by atoms with Crippen molar-refractivity contribution in [1.29, 1.82) is 0 Å². The van der Waals surface area contributed by atoms with Crippen molar-refractivity contribution in [2.24, 2.45) is 0 Å². The van der Waals surface area contributed by atoms with E-state index in [1.165, 1.54) is 6.07 Å². The molecule has 7 nitrogen and oxygen atoms in total. The van der Waals surface area contributed by atoms with E-state index in [2.05, 4.69) is 36.1 Å². The minimum absolute atomic E-state index is 0.0373. The number of benzene rings is 2. The van der Waals surface area contributed by atoms with Crippen molar-refractivity contribution in [2.75, 3.05) is 44.8 Å². The lowest BCUT2D eigenvalue weighted by Crippen LogP contribution is -2.38. The standard InChI is InChI=1S/C29H28BrFN4O3/c30-27-28-23(19-33-29(27)38-15-12-35-10-13-37-14-11-35)25(8-9-32-28)34-26-7-6-21(18-24(26)31)17-22(36)16-20-4-2-1-3-5-20/h1-9,18-19H,10-17H2,(H,32,34). The molecule has 1 aliphatic rings. The van der Waals surface area contributed by atoms with Crippen LogP contribution in [-0.4, -0.2) is 60.1 Å². The average Bonchev–Trinajstić information content (AvgIpc) is 2.93. The minimum Gasteiger partial charge on any atom is -0.475 e. The highest BCUT2D eigenvalue weighted by molar-refractivity contribution is 9.10. The van der Waals surface area contributed by atoms with Crippen molar-refractivity contribution < 1.29 is 18.7 Å². The van der Waals surface area contributed by atoms with Crippen LogP contribution in [0.5, 0.6) is 5.88 Å². The molecule has 196 valence electrons. The van der Waals surface area contributed by atoms with Gasteiger partial charge in [0, 0.05) is 50.3 Å². The Morgan fingerprint density at radius 2 is 1.82 bits per heavy atom. The van der Waals surface area contributed by atoms with Gasteiger partial charge in [0.25, 0.3) is 0 Å². The smallest absolute Gasteiger partial charge is 0.230 e. The van der Waals surface area contributed by atoms with E-state index < -0.39 is 5.82 Å². The minimum atomic E-state index is -0.435. The Hall–Kier alpha value is -3.40. The third kappa shape index (κ3) is 6.53. The van der Waals surface area contributed by atoms with E-state index in [4.69, 9.17) is 9.47 Å². The van der Waals surface area contributed by atoms with Crippen LogP contribution in [-0.2, 0) is 22.4 Å². The van der Waals surface area contributed by atoms with Gasteiger partial charge in [-0.1, -0.05) is 36.4 Å². The summed E-state index contributed by atoms with van der Waals surface area (Å²) in [5.74, 6) is 0.0662. The topological polar surface area (TPSA) is 76.6 Å². The molecule has 4 aromatic rings. The average molecular weight is 579 g/mol. The van der Waals surface area contributed by atoms with Crippen molar-refractivity contribution in [3.63, 3.8) is 0 Å². The van der Waals surface area contributed by atoms with E-state index in [0.717, 1.165) is 43.8 Å². The summed E-state index contributed by atoms with van der Waals surface area (Å²) in [6.45, 7) is 4.57. The summed E-state index contributed by atoms with van der Waals surface area (Å²) in [6, 6.07) is 16.1. The molecule has 1 aliphatic heterocycles. The number of Topliss-reactive ketones (excluding diaryl/α,β-unsaturated/α-hetero) is 1. The summed E-state index contributed by atoms with van der Waals surface area (Å²) in [7, 11) is 0. The third-order valence-electron chi connectivity index (χ3n) is 6.39. The molecule has 0 saturated carbocycles. The Bertz CT molecular complexity index is 1410. The molecule has 0 unspecified atom stereocenters. The molecule has 38 heavy (non-hydrogen) atoms. The van der Waals surface area contributed by atoms with Crippen LogP contribution >= 0.6 is 15.9 Å². The third-order valence-corrected chi connectivity index (χ3v) is 7.11. The molecular weight excluding hydrogens is 551 g/mol. The summed E-state index contributed by atoms with van der Waals surface area (Å²) >= 11 is 3.58. The number of nitrogens with zero attached hydrogens (tertiary/aromatic N) is 3. The molecule has 1 saturated heterocycles. The fourth-order valence-corrected chi connectivity index (χ4v) is 4.93. The van der Waals surface area contributed by atoms with Crippen LogP contribution in [0.1, 0.15) is 11.1 Å². The second-order valence-electron chi connectivity index (χ2n) is 9.12. The van der Waals surface area contributed by atoms with Gasteiger partial charge in [-0.3, -0.25) is 14.7 Å². The Balaban J connectivity index is 1.25. The van der Waals surface area contributed by atoms with Gasteiger partial charge in [0.15, 0.2) is 0 Å². The number of anilines is 2. The molecule has 0 radical (unpaired) electrons. The number of pyridine rings is 2. The molecule has 0 amide bonds. The van der Waals surface area contributed by atoms with E-state index in [9.17, 15) is 4.79 Å². The van der Waals surface area contributed by atoms with Gasteiger partial charge in [0.2, 0.25) is 5.88 Å². The largest absolute Gasteiger partial charge is 0.475 e. The maximum Gasteiger partial charge on any atom is 0.230 e. The molecular formula is C29H28BrFN4O3. The number of rotatable bonds is 10. The van der Waals surface area contributed by atoms with E-state index in [1.54, 1.807) is 30.6 Å². The van der Waals surface area contributed by atoms with E-state index in [0.29, 0.717) is 45.8 Å². The summed E-state index contributed by atoms with van der Waals surface area (Å²) in [5.41, 5.74) is 3.21. The SMILES string of the molecule is O=C(Cc1ccccc1)Cc1ccc(Nc2ccnc3c(Br)c(OCCN4CCOCC4)ncc23)c(F)c1. The zero-order chi connectivity index (χ0) is 26.3. The Kier molecular flexibility index (Phi) is 8.58. The zero-order valence-electron chi connectivity index (χ0n) is 20.8. The van der Waals surface area contributed by atoms with Gasteiger partial charge in [-0.25, -0.2) is 9.37 Å². The fourth-order valence-electron chi connectivity index (χ4n) is 4.39. The summed E-state index contributed by atoms with van der Waals surface area (Å²) < 4.78 is 26.9. The van der Waals surface area contributed by atoms with Gasteiger partial charge in [-0.15, -0.1) is 0 Å². The van der Waals surface area contributed by atoms with Gasteiger partial charge >= 0.3 is 0 Å². The number of ether oxygens (including phenoxy) is 2. The number of halogens is 2. The fraction of sp³-hybridized carbons (Fsp3) is 0.276. The van der Waals surface area contributed by atoms with Crippen molar-refractivity contribution in [3.8, 4) is 5.88 Å². The number of hydrogen-bond acceptors (Lipinski definition) is 7. The number of carbonyl (C=O) groups excluding carboxylic acids is 1. The van der Waals surface area contributed by atoms with Crippen molar-refractivity contribution in [1.82, 2.24) is 14.9 Å². The van der Waals surface area contributed by atoms with Crippen LogP contribution in [0.25, 0.3) is 10.9 Å². The second kappa shape index (κ2) is 12.4.